The fraction of sp³-hybridized carbons (Fsp3) is 0.429. The number of carbonyl (C=O) groups excluding carboxylic acids is 1. The lowest BCUT2D eigenvalue weighted by molar-refractivity contribution is 0.0780. The number of anilines is 1. The Morgan fingerprint density at radius 3 is 2.64 bits per heavy atom. The van der Waals surface area contributed by atoms with Gasteiger partial charge in [-0.2, -0.15) is 0 Å². The Morgan fingerprint density at radius 2 is 1.95 bits per heavy atom. The van der Waals surface area contributed by atoms with Gasteiger partial charge >= 0.3 is 0 Å². The molecule has 11 heteroatoms. The van der Waals surface area contributed by atoms with E-state index in [1.54, 1.807) is 16.5 Å². The van der Waals surface area contributed by atoms with Crippen LogP contribution >= 0.6 is 45.2 Å². The summed E-state index contributed by atoms with van der Waals surface area (Å²) in [6.07, 6.45) is 2.37. The third kappa shape index (κ3) is 4.33. The number of likely N-dealkylation sites (tertiary alicyclic amines) is 1. The third-order valence-electron chi connectivity index (χ3n) is 7.98. The fourth-order valence-electron chi connectivity index (χ4n) is 6.08. The van der Waals surface area contributed by atoms with Gasteiger partial charge in [0.25, 0.3) is 5.91 Å². The van der Waals surface area contributed by atoms with Gasteiger partial charge in [0, 0.05) is 42.6 Å². The van der Waals surface area contributed by atoms with E-state index < -0.39 is 17.5 Å². The van der Waals surface area contributed by atoms with E-state index in [-0.39, 0.29) is 37.2 Å². The molecule has 1 amide bonds. The molecule has 2 aromatic heterocycles. The number of benzene rings is 2. The molecule has 4 heterocycles. The van der Waals surface area contributed by atoms with Crippen molar-refractivity contribution >= 4 is 78.7 Å². The van der Waals surface area contributed by atoms with Crippen molar-refractivity contribution in [3.63, 3.8) is 0 Å². The minimum atomic E-state index is -1.13. The molecule has 1 unspecified atom stereocenters. The molecular formula is C28H29F2I2N5O2. The van der Waals surface area contributed by atoms with Gasteiger partial charge in [0.2, 0.25) is 0 Å². The number of aliphatic hydroxyl groups excluding tert-OH is 1. The average molecular weight is 759 g/mol. The average Bonchev–Trinajstić information content (AvgIpc) is 3.58. The summed E-state index contributed by atoms with van der Waals surface area (Å²) in [5.41, 5.74) is 3.03. The molecule has 6 rings (SSSR count). The molecule has 1 fully saturated rings. The Hall–Kier alpha value is -2.00. The first-order valence-electron chi connectivity index (χ1n) is 13.2. The van der Waals surface area contributed by atoms with Crippen LogP contribution in [0, 0.1) is 11.6 Å². The van der Waals surface area contributed by atoms with Crippen LogP contribution in [-0.2, 0) is 7.05 Å². The van der Waals surface area contributed by atoms with E-state index in [1.807, 2.05) is 6.07 Å². The smallest absolute Gasteiger partial charge is 0.257 e. The zero-order chi connectivity index (χ0) is 27.6. The summed E-state index contributed by atoms with van der Waals surface area (Å²) in [4.78, 5) is 22.0. The summed E-state index contributed by atoms with van der Waals surface area (Å²) in [5, 5.41) is 10.5. The van der Waals surface area contributed by atoms with Gasteiger partial charge in [-0.25, -0.2) is 13.8 Å². The minimum Gasteiger partial charge on any atom is -0.396 e. The second kappa shape index (κ2) is 10.4. The molecule has 2 aromatic carbocycles. The van der Waals surface area contributed by atoms with Crippen molar-refractivity contribution in [3.8, 4) is 11.5 Å². The minimum absolute atomic E-state index is 0.0463. The van der Waals surface area contributed by atoms with Crippen LogP contribution < -0.4 is 4.90 Å². The number of imidazole rings is 1. The highest BCUT2D eigenvalue weighted by molar-refractivity contribution is 14.1. The van der Waals surface area contributed by atoms with Gasteiger partial charge < -0.3 is 24.0 Å². The monoisotopic (exact) mass is 759 g/mol. The molecule has 7 nitrogen and oxygen atoms in total. The summed E-state index contributed by atoms with van der Waals surface area (Å²) in [6, 6.07) is 9.77. The van der Waals surface area contributed by atoms with Crippen LogP contribution in [0.2, 0.25) is 0 Å². The van der Waals surface area contributed by atoms with Crippen molar-refractivity contribution in [2.75, 3.05) is 31.1 Å². The maximum absolute atomic E-state index is 15.6. The zero-order valence-corrected chi connectivity index (χ0v) is 26.0. The van der Waals surface area contributed by atoms with Crippen molar-refractivity contribution in [2.24, 2.45) is 7.05 Å². The summed E-state index contributed by atoms with van der Waals surface area (Å²) in [5.74, 6) is -2.15. The molecule has 2 aliphatic heterocycles. The van der Waals surface area contributed by atoms with E-state index in [4.69, 9.17) is 4.98 Å². The van der Waals surface area contributed by atoms with Gasteiger partial charge in [0.05, 0.1) is 38.1 Å². The van der Waals surface area contributed by atoms with Crippen LogP contribution in [0.4, 0.5) is 14.5 Å². The van der Waals surface area contributed by atoms with Crippen LogP contribution in [0.15, 0.2) is 30.3 Å². The lowest BCUT2D eigenvalue weighted by Gasteiger charge is -2.36. The standard InChI is InChI=1S/C28H29F2I2N5O2/c1-3-17-14-35(8-5-9-38)20-7-4-6-15-10-21(37(17)25(15)20)27-33-19-12-18(23(29)24(30)26(19)34(27)2)28(39)36-13-16(31)11-22(36)32/h4,6-7,10,12,16-17,22,38H,3,5,8-9,11,13-14H2,1-2H3/t16-,17?,22-/m0/s1. The Kier molecular flexibility index (Phi) is 7.28. The summed E-state index contributed by atoms with van der Waals surface area (Å²) in [6.45, 7) is 4.32. The number of aliphatic hydroxyl groups is 1. The number of para-hydroxylation sites is 1. The van der Waals surface area contributed by atoms with E-state index in [2.05, 4.69) is 79.8 Å². The number of rotatable bonds is 6. The number of halogens is 4. The maximum atomic E-state index is 15.6. The van der Waals surface area contributed by atoms with Crippen molar-refractivity contribution in [1.82, 2.24) is 19.0 Å². The molecule has 1 saturated heterocycles. The predicted molar refractivity (Wildman–Crippen MR) is 166 cm³/mol. The lowest BCUT2D eigenvalue weighted by atomic mass is 10.1. The van der Waals surface area contributed by atoms with E-state index in [9.17, 15) is 9.90 Å². The van der Waals surface area contributed by atoms with E-state index in [0.29, 0.717) is 18.8 Å². The number of hydrogen-bond donors (Lipinski definition) is 1. The van der Waals surface area contributed by atoms with Gasteiger partial charge in [0.15, 0.2) is 17.5 Å². The first kappa shape index (κ1) is 27.2. The Balaban J connectivity index is 1.51. The highest BCUT2D eigenvalue weighted by Crippen LogP contribution is 2.42. The Bertz CT molecular complexity index is 1600. The summed E-state index contributed by atoms with van der Waals surface area (Å²) < 4.78 is 35.1. The van der Waals surface area contributed by atoms with E-state index in [0.717, 1.165) is 48.2 Å². The van der Waals surface area contributed by atoms with Crippen LogP contribution in [0.1, 0.15) is 42.6 Å². The number of alkyl halides is 2. The molecule has 0 radical (unpaired) electrons. The molecule has 3 atom stereocenters. The maximum Gasteiger partial charge on any atom is 0.257 e. The Morgan fingerprint density at radius 1 is 1.15 bits per heavy atom. The number of hydrogen-bond acceptors (Lipinski definition) is 4. The van der Waals surface area contributed by atoms with Gasteiger partial charge in [-0.3, -0.25) is 4.79 Å². The van der Waals surface area contributed by atoms with Crippen molar-refractivity contribution in [3.05, 3.63) is 47.5 Å². The molecule has 1 N–H and O–H groups in total. The molecule has 206 valence electrons. The number of amides is 1. The lowest BCUT2D eigenvalue weighted by Crippen LogP contribution is -2.36. The van der Waals surface area contributed by atoms with Crippen molar-refractivity contribution in [1.29, 1.82) is 0 Å². The van der Waals surface area contributed by atoms with Crippen LogP contribution in [-0.4, -0.2) is 64.2 Å². The number of carbonyl (C=O) groups is 1. The topological polar surface area (TPSA) is 66.5 Å². The van der Waals surface area contributed by atoms with E-state index >= 15 is 8.78 Å². The molecule has 4 aromatic rings. The zero-order valence-electron chi connectivity index (χ0n) is 21.7. The van der Waals surface area contributed by atoms with Gasteiger partial charge in [-0.1, -0.05) is 64.2 Å². The van der Waals surface area contributed by atoms with Crippen molar-refractivity contribution < 1.29 is 18.7 Å². The first-order valence-corrected chi connectivity index (χ1v) is 15.7. The quantitative estimate of drug-likeness (QED) is 0.148. The summed E-state index contributed by atoms with van der Waals surface area (Å²) in [7, 11) is 1.69. The number of aromatic nitrogens is 3. The second-order valence-corrected chi connectivity index (χ2v) is 13.5. The largest absolute Gasteiger partial charge is 0.396 e. The number of nitrogens with zero attached hydrogens (tertiary/aromatic N) is 5. The highest BCUT2D eigenvalue weighted by atomic mass is 127. The van der Waals surface area contributed by atoms with Crippen LogP contribution in [0.5, 0.6) is 0 Å². The second-order valence-electron chi connectivity index (χ2n) is 10.3. The molecule has 0 aliphatic carbocycles. The number of aryl methyl sites for hydroxylation is 1. The third-order valence-corrected chi connectivity index (χ3v) is 10.1. The highest BCUT2D eigenvalue weighted by Gasteiger charge is 2.36. The molecule has 39 heavy (non-hydrogen) atoms. The van der Waals surface area contributed by atoms with Gasteiger partial charge in [-0.05, 0) is 37.5 Å². The normalized spacial score (nSPS) is 21.1. The number of fused-ring (bicyclic) bond motifs is 1. The predicted octanol–water partition coefficient (Wildman–Crippen LogP) is 6.04. The summed E-state index contributed by atoms with van der Waals surface area (Å²) >= 11 is 4.48. The SMILES string of the molecule is CCC1CN(CCCO)c2cccc3cc(-c4nc5cc(C(=O)N6C[C@@H](I)C[C@H]6I)c(F)c(F)c5n4C)n1c23. The van der Waals surface area contributed by atoms with Gasteiger partial charge in [-0.15, -0.1) is 0 Å². The molecule has 2 aliphatic rings. The molecule has 0 spiro atoms. The molecular weight excluding hydrogens is 730 g/mol. The molecule has 0 saturated carbocycles. The first-order chi connectivity index (χ1) is 18.7. The molecule has 0 bridgehead atoms. The van der Waals surface area contributed by atoms with E-state index in [1.165, 1.54) is 6.07 Å². The Labute approximate surface area is 252 Å². The van der Waals surface area contributed by atoms with Crippen LogP contribution in [0.3, 0.4) is 0 Å². The van der Waals surface area contributed by atoms with Crippen molar-refractivity contribution in [2.45, 2.75) is 40.2 Å². The van der Waals surface area contributed by atoms with Gasteiger partial charge in [0.1, 0.15) is 5.52 Å². The van der Waals surface area contributed by atoms with Crippen LogP contribution in [0.25, 0.3) is 33.5 Å². The fourth-order valence-corrected chi connectivity index (χ4v) is 9.06.